The zero-order valence-corrected chi connectivity index (χ0v) is 18.4. The molecule has 1 atom stereocenters. The van der Waals surface area contributed by atoms with Crippen LogP contribution in [0.25, 0.3) is 11.3 Å². The lowest BCUT2D eigenvalue weighted by Gasteiger charge is -2.30. The van der Waals surface area contributed by atoms with Crippen molar-refractivity contribution in [3.8, 4) is 11.3 Å². The molecule has 0 aliphatic carbocycles. The second-order valence-corrected chi connectivity index (χ2v) is 8.18. The molecule has 1 saturated heterocycles. The van der Waals surface area contributed by atoms with Gasteiger partial charge in [-0.2, -0.15) is 0 Å². The van der Waals surface area contributed by atoms with E-state index in [9.17, 15) is 5.11 Å². The maximum atomic E-state index is 10.5. The summed E-state index contributed by atoms with van der Waals surface area (Å²) in [5, 5.41) is 14.9. The van der Waals surface area contributed by atoms with Gasteiger partial charge in [0, 0.05) is 44.9 Å². The highest BCUT2D eigenvalue weighted by Crippen LogP contribution is 2.33. The van der Waals surface area contributed by atoms with Gasteiger partial charge >= 0.3 is 0 Å². The molecule has 1 aromatic carbocycles. The number of hydrogen-bond donors (Lipinski definition) is 1. The standard InChI is InChI=1S/C23H35N3O4/c1-4-28-17-20(27)15-25(14-18(2)3)16-21-22(19-8-6-5-7-9-19)24-30-23(21)26-10-12-29-13-11-26/h5-9,18,20,27H,4,10-17H2,1-3H3/t20-/m1/s1. The third-order valence-corrected chi connectivity index (χ3v) is 5.10. The third-order valence-electron chi connectivity index (χ3n) is 5.10. The highest BCUT2D eigenvalue weighted by molar-refractivity contribution is 5.68. The van der Waals surface area contributed by atoms with Gasteiger partial charge in [0.2, 0.25) is 5.88 Å². The molecule has 0 radical (unpaired) electrons. The fourth-order valence-corrected chi connectivity index (χ4v) is 3.83. The van der Waals surface area contributed by atoms with E-state index in [0.29, 0.717) is 45.4 Å². The number of benzene rings is 1. The van der Waals surface area contributed by atoms with Gasteiger partial charge in [-0.25, -0.2) is 0 Å². The van der Waals surface area contributed by atoms with E-state index >= 15 is 0 Å². The van der Waals surface area contributed by atoms with Crippen LogP contribution in [-0.2, 0) is 16.0 Å². The van der Waals surface area contributed by atoms with Gasteiger partial charge in [-0.05, 0) is 12.8 Å². The first-order valence-electron chi connectivity index (χ1n) is 10.9. The van der Waals surface area contributed by atoms with E-state index in [1.807, 2.05) is 25.1 Å². The van der Waals surface area contributed by atoms with Crippen LogP contribution in [0.1, 0.15) is 26.3 Å². The van der Waals surface area contributed by atoms with Crippen LogP contribution in [0.5, 0.6) is 0 Å². The van der Waals surface area contributed by atoms with E-state index in [0.717, 1.165) is 42.3 Å². The van der Waals surface area contributed by atoms with Crippen molar-refractivity contribution in [2.75, 3.05) is 57.5 Å². The second-order valence-electron chi connectivity index (χ2n) is 8.18. The topological polar surface area (TPSA) is 71.2 Å². The van der Waals surface area contributed by atoms with E-state index in [4.69, 9.17) is 14.0 Å². The summed E-state index contributed by atoms with van der Waals surface area (Å²) in [6.45, 7) is 12.3. The van der Waals surface area contributed by atoms with Crippen LogP contribution in [0.15, 0.2) is 34.9 Å². The van der Waals surface area contributed by atoms with Gasteiger partial charge in [0.25, 0.3) is 0 Å². The Labute approximate surface area is 179 Å². The van der Waals surface area contributed by atoms with Gasteiger partial charge in [-0.1, -0.05) is 49.3 Å². The molecule has 1 fully saturated rings. The van der Waals surface area contributed by atoms with Crippen LogP contribution >= 0.6 is 0 Å². The number of aliphatic hydroxyl groups is 1. The molecule has 0 amide bonds. The Balaban J connectivity index is 1.88. The smallest absolute Gasteiger partial charge is 0.232 e. The van der Waals surface area contributed by atoms with Crippen molar-refractivity contribution >= 4 is 5.88 Å². The van der Waals surface area contributed by atoms with Gasteiger partial charge in [0.1, 0.15) is 5.69 Å². The normalized spacial score (nSPS) is 15.9. The maximum Gasteiger partial charge on any atom is 0.232 e. The molecule has 166 valence electrons. The molecular formula is C23H35N3O4. The summed E-state index contributed by atoms with van der Waals surface area (Å²) in [6, 6.07) is 10.1. The predicted octanol–water partition coefficient (Wildman–Crippen LogP) is 3.03. The lowest BCUT2D eigenvalue weighted by atomic mass is 10.1. The Kier molecular flexibility index (Phi) is 8.69. The molecule has 0 spiro atoms. The average Bonchev–Trinajstić information content (AvgIpc) is 3.16. The summed E-state index contributed by atoms with van der Waals surface area (Å²) >= 11 is 0. The van der Waals surface area contributed by atoms with Crippen molar-refractivity contribution in [3.05, 3.63) is 35.9 Å². The zero-order valence-electron chi connectivity index (χ0n) is 18.4. The number of anilines is 1. The second kappa shape index (κ2) is 11.5. The molecule has 2 heterocycles. The minimum Gasteiger partial charge on any atom is -0.389 e. The quantitative estimate of drug-likeness (QED) is 0.602. The highest BCUT2D eigenvalue weighted by atomic mass is 16.5. The largest absolute Gasteiger partial charge is 0.389 e. The van der Waals surface area contributed by atoms with Crippen molar-refractivity contribution in [1.82, 2.24) is 10.1 Å². The number of aliphatic hydroxyl groups excluding tert-OH is 1. The monoisotopic (exact) mass is 417 g/mol. The van der Waals surface area contributed by atoms with Crippen molar-refractivity contribution in [1.29, 1.82) is 0 Å². The summed E-state index contributed by atoms with van der Waals surface area (Å²) in [4.78, 5) is 4.49. The molecule has 1 N–H and O–H groups in total. The van der Waals surface area contributed by atoms with Crippen molar-refractivity contribution in [2.24, 2.45) is 5.92 Å². The first-order chi connectivity index (χ1) is 14.6. The Bertz CT molecular complexity index is 744. The van der Waals surface area contributed by atoms with Crippen molar-refractivity contribution in [3.63, 3.8) is 0 Å². The molecule has 7 nitrogen and oxygen atoms in total. The van der Waals surface area contributed by atoms with Crippen LogP contribution in [0.4, 0.5) is 5.88 Å². The van der Waals surface area contributed by atoms with Crippen molar-refractivity contribution in [2.45, 2.75) is 33.4 Å². The first kappa shape index (κ1) is 22.7. The molecule has 2 aromatic rings. The van der Waals surface area contributed by atoms with Crippen LogP contribution in [0.3, 0.4) is 0 Å². The zero-order chi connectivity index (χ0) is 21.3. The maximum absolute atomic E-state index is 10.5. The van der Waals surface area contributed by atoms with Crippen LogP contribution in [-0.4, -0.2) is 73.9 Å². The number of ether oxygens (including phenoxy) is 2. The summed E-state index contributed by atoms with van der Waals surface area (Å²) in [5.74, 6) is 1.28. The number of morpholine rings is 1. The van der Waals surface area contributed by atoms with Crippen LogP contribution in [0, 0.1) is 5.92 Å². The Morgan fingerprint density at radius 2 is 1.90 bits per heavy atom. The predicted molar refractivity (Wildman–Crippen MR) is 118 cm³/mol. The Morgan fingerprint density at radius 1 is 1.17 bits per heavy atom. The first-order valence-corrected chi connectivity index (χ1v) is 10.9. The lowest BCUT2D eigenvalue weighted by molar-refractivity contribution is 0.0175. The van der Waals surface area contributed by atoms with Gasteiger partial charge in [0.15, 0.2) is 0 Å². The van der Waals surface area contributed by atoms with E-state index in [-0.39, 0.29) is 0 Å². The fourth-order valence-electron chi connectivity index (χ4n) is 3.83. The molecule has 0 bridgehead atoms. The number of hydrogen-bond acceptors (Lipinski definition) is 7. The van der Waals surface area contributed by atoms with Gasteiger partial charge in [-0.15, -0.1) is 0 Å². The molecule has 1 aliphatic heterocycles. The molecule has 3 rings (SSSR count). The SMILES string of the molecule is CCOC[C@H](O)CN(Cc1c(-c2ccccc2)noc1N1CCOCC1)CC(C)C. The molecule has 1 aromatic heterocycles. The third kappa shape index (κ3) is 6.28. The number of aromatic nitrogens is 1. The van der Waals surface area contributed by atoms with Crippen LogP contribution in [0.2, 0.25) is 0 Å². The van der Waals surface area contributed by atoms with Gasteiger partial charge < -0.3 is 24.0 Å². The summed E-state index contributed by atoms with van der Waals surface area (Å²) < 4.78 is 16.8. The molecule has 30 heavy (non-hydrogen) atoms. The van der Waals surface area contributed by atoms with E-state index < -0.39 is 6.10 Å². The minimum atomic E-state index is -0.532. The molecule has 1 aliphatic rings. The Hall–Kier alpha value is -1.93. The molecular weight excluding hydrogens is 382 g/mol. The fraction of sp³-hybridized carbons (Fsp3) is 0.609. The minimum absolute atomic E-state index is 0.344. The van der Waals surface area contributed by atoms with Crippen LogP contribution < -0.4 is 4.90 Å². The summed E-state index contributed by atoms with van der Waals surface area (Å²) in [7, 11) is 0. The summed E-state index contributed by atoms with van der Waals surface area (Å²) in [6.07, 6.45) is -0.532. The van der Waals surface area contributed by atoms with E-state index in [1.54, 1.807) is 0 Å². The summed E-state index contributed by atoms with van der Waals surface area (Å²) in [5.41, 5.74) is 2.97. The Morgan fingerprint density at radius 3 is 2.57 bits per heavy atom. The van der Waals surface area contributed by atoms with Crippen molar-refractivity contribution < 1.29 is 19.1 Å². The van der Waals surface area contributed by atoms with E-state index in [2.05, 4.69) is 40.9 Å². The van der Waals surface area contributed by atoms with Gasteiger partial charge in [-0.3, -0.25) is 4.90 Å². The average molecular weight is 418 g/mol. The van der Waals surface area contributed by atoms with E-state index in [1.165, 1.54) is 0 Å². The number of nitrogens with zero attached hydrogens (tertiary/aromatic N) is 3. The lowest BCUT2D eigenvalue weighted by Crippen LogP contribution is -2.39. The molecule has 0 saturated carbocycles. The highest BCUT2D eigenvalue weighted by Gasteiger charge is 2.26. The molecule has 0 unspecified atom stereocenters. The molecule has 7 heteroatoms. The number of rotatable bonds is 11. The van der Waals surface area contributed by atoms with Gasteiger partial charge in [0.05, 0.1) is 31.5 Å².